The molecule has 2 aromatic carbocycles. The zero-order valence-electron chi connectivity index (χ0n) is 13.0. The normalized spacial score (nSPS) is 19.7. The summed E-state index contributed by atoms with van der Waals surface area (Å²) in [6, 6.07) is 12.6. The van der Waals surface area contributed by atoms with E-state index in [9.17, 15) is 12.8 Å². The van der Waals surface area contributed by atoms with Gasteiger partial charge in [0.15, 0.2) is 9.84 Å². The van der Waals surface area contributed by atoms with Gasteiger partial charge in [-0.05, 0) is 44.5 Å². The van der Waals surface area contributed by atoms with Crippen molar-refractivity contribution in [3.63, 3.8) is 0 Å². The van der Waals surface area contributed by atoms with E-state index in [1.54, 1.807) is 42.5 Å². The van der Waals surface area contributed by atoms with E-state index in [2.05, 4.69) is 5.32 Å². The first-order valence-corrected chi connectivity index (χ1v) is 9.33. The molecule has 2 atom stereocenters. The fourth-order valence-electron chi connectivity index (χ4n) is 3.15. The molecule has 0 spiro atoms. The van der Waals surface area contributed by atoms with Crippen LogP contribution in [0.2, 0.25) is 0 Å². The van der Waals surface area contributed by atoms with Crippen molar-refractivity contribution in [2.75, 3.05) is 6.54 Å². The van der Waals surface area contributed by atoms with Crippen LogP contribution in [0, 0.1) is 12.7 Å². The summed E-state index contributed by atoms with van der Waals surface area (Å²) < 4.78 is 40.7. The molecule has 3 nitrogen and oxygen atoms in total. The van der Waals surface area contributed by atoms with Crippen molar-refractivity contribution in [2.45, 2.75) is 36.0 Å². The average molecular weight is 333 g/mol. The zero-order chi connectivity index (χ0) is 16.4. The van der Waals surface area contributed by atoms with Gasteiger partial charge in [0.2, 0.25) is 0 Å². The monoisotopic (exact) mass is 333 g/mol. The number of aryl methyl sites for hydroxylation is 1. The number of benzene rings is 2. The number of sulfone groups is 1. The molecule has 2 aromatic rings. The van der Waals surface area contributed by atoms with Gasteiger partial charge in [-0.25, -0.2) is 12.8 Å². The summed E-state index contributed by atoms with van der Waals surface area (Å²) in [5.41, 5.74) is 1.23. The Morgan fingerprint density at radius 3 is 2.43 bits per heavy atom. The summed E-state index contributed by atoms with van der Waals surface area (Å²) >= 11 is 0. The molecular weight excluding hydrogens is 313 g/mol. The van der Waals surface area contributed by atoms with E-state index in [1.807, 2.05) is 6.92 Å². The van der Waals surface area contributed by atoms with Crippen LogP contribution in [0.4, 0.5) is 4.39 Å². The lowest BCUT2D eigenvalue weighted by atomic mass is 10.0. The van der Waals surface area contributed by atoms with Crippen LogP contribution in [0.25, 0.3) is 0 Å². The maximum Gasteiger partial charge on any atom is 0.187 e. The van der Waals surface area contributed by atoms with Gasteiger partial charge in [-0.3, -0.25) is 0 Å². The Labute approximate surface area is 136 Å². The average Bonchev–Trinajstić information content (AvgIpc) is 3.03. The van der Waals surface area contributed by atoms with E-state index < -0.39 is 20.9 Å². The molecule has 0 aromatic heterocycles. The lowest BCUT2D eigenvalue weighted by molar-refractivity contribution is 0.512. The Morgan fingerprint density at radius 2 is 1.83 bits per heavy atom. The van der Waals surface area contributed by atoms with Crippen molar-refractivity contribution in [2.24, 2.45) is 0 Å². The fourth-order valence-corrected chi connectivity index (χ4v) is 5.15. The molecule has 122 valence electrons. The Hall–Kier alpha value is -1.72. The smallest absolute Gasteiger partial charge is 0.187 e. The first kappa shape index (κ1) is 16.1. The molecule has 0 amide bonds. The molecule has 0 aliphatic carbocycles. The number of hydrogen-bond donors (Lipinski definition) is 1. The molecule has 1 fully saturated rings. The van der Waals surface area contributed by atoms with E-state index in [-0.39, 0.29) is 16.5 Å². The van der Waals surface area contributed by atoms with E-state index in [1.165, 1.54) is 6.07 Å². The second kappa shape index (κ2) is 6.42. The van der Waals surface area contributed by atoms with E-state index >= 15 is 0 Å². The van der Waals surface area contributed by atoms with Gasteiger partial charge in [-0.2, -0.15) is 0 Å². The minimum Gasteiger partial charge on any atom is -0.312 e. The van der Waals surface area contributed by atoms with Gasteiger partial charge in [-0.15, -0.1) is 0 Å². The van der Waals surface area contributed by atoms with Crippen molar-refractivity contribution in [3.8, 4) is 0 Å². The van der Waals surface area contributed by atoms with Crippen LogP contribution in [-0.4, -0.2) is 21.0 Å². The summed E-state index contributed by atoms with van der Waals surface area (Å²) in [5.74, 6) is -0.470. The van der Waals surface area contributed by atoms with Gasteiger partial charge in [0, 0.05) is 11.6 Å². The van der Waals surface area contributed by atoms with Gasteiger partial charge in [0.1, 0.15) is 11.1 Å². The SMILES string of the molecule is Cc1ccc(S(=O)(=O)C(c2ccccc2F)C2CCCN2)cc1. The molecule has 23 heavy (non-hydrogen) atoms. The van der Waals surface area contributed by atoms with Crippen molar-refractivity contribution in [1.29, 1.82) is 0 Å². The van der Waals surface area contributed by atoms with E-state index in [0.29, 0.717) is 0 Å². The summed E-state index contributed by atoms with van der Waals surface area (Å²) in [4.78, 5) is 0.241. The van der Waals surface area contributed by atoms with Crippen LogP contribution in [0.3, 0.4) is 0 Å². The van der Waals surface area contributed by atoms with Crippen LogP contribution in [0.5, 0.6) is 0 Å². The van der Waals surface area contributed by atoms with Gasteiger partial charge in [-0.1, -0.05) is 35.9 Å². The van der Waals surface area contributed by atoms with Crippen LogP contribution in [-0.2, 0) is 9.84 Å². The summed E-state index contributed by atoms with van der Waals surface area (Å²) in [5, 5.41) is 2.32. The molecule has 1 aliphatic heterocycles. The molecule has 1 saturated heterocycles. The molecule has 0 bridgehead atoms. The van der Waals surface area contributed by atoms with Crippen molar-refractivity contribution < 1.29 is 12.8 Å². The number of hydrogen-bond acceptors (Lipinski definition) is 3. The Morgan fingerprint density at radius 1 is 1.13 bits per heavy atom. The minimum absolute atomic E-state index is 0.241. The number of nitrogens with one attached hydrogen (secondary N) is 1. The molecule has 0 radical (unpaired) electrons. The predicted octanol–water partition coefficient (Wildman–Crippen LogP) is 3.40. The van der Waals surface area contributed by atoms with Crippen LogP contribution >= 0.6 is 0 Å². The third kappa shape index (κ3) is 3.16. The summed E-state index contributed by atoms with van der Waals surface area (Å²) in [6.45, 7) is 2.67. The van der Waals surface area contributed by atoms with Crippen molar-refractivity contribution in [1.82, 2.24) is 5.32 Å². The Kier molecular flexibility index (Phi) is 4.50. The number of rotatable bonds is 4. The van der Waals surface area contributed by atoms with Crippen LogP contribution in [0.1, 0.15) is 29.2 Å². The molecule has 0 saturated carbocycles. The quantitative estimate of drug-likeness (QED) is 0.933. The summed E-state index contributed by atoms with van der Waals surface area (Å²) in [7, 11) is -3.68. The van der Waals surface area contributed by atoms with Gasteiger partial charge >= 0.3 is 0 Å². The highest BCUT2D eigenvalue weighted by molar-refractivity contribution is 7.91. The second-order valence-corrected chi connectivity index (χ2v) is 8.07. The van der Waals surface area contributed by atoms with Crippen LogP contribution < -0.4 is 5.32 Å². The Balaban J connectivity index is 2.11. The van der Waals surface area contributed by atoms with Crippen LogP contribution in [0.15, 0.2) is 53.4 Å². The van der Waals surface area contributed by atoms with Gasteiger partial charge < -0.3 is 5.32 Å². The van der Waals surface area contributed by atoms with Crippen molar-refractivity contribution in [3.05, 3.63) is 65.5 Å². The van der Waals surface area contributed by atoms with Gasteiger partial charge in [0.25, 0.3) is 0 Å². The van der Waals surface area contributed by atoms with Gasteiger partial charge in [0.05, 0.1) is 4.90 Å². The fraction of sp³-hybridized carbons (Fsp3) is 0.333. The maximum absolute atomic E-state index is 14.3. The Bertz CT molecular complexity index is 781. The minimum atomic E-state index is -3.68. The standard InChI is InChI=1S/C18H20FNO2S/c1-13-8-10-14(11-9-13)23(21,22)18(17-7-4-12-20-17)15-5-2-3-6-16(15)19/h2-3,5-6,8-11,17-18,20H,4,7,12H2,1H3. The summed E-state index contributed by atoms with van der Waals surface area (Å²) in [6.07, 6.45) is 1.63. The molecule has 2 unspecified atom stereocenters. The first-order valence-electron chi connectivity index (χ1n) is 7.78. The highest BCUT2D eigenvalue weighted by Crippen LogP contribution is 2.36. The van der Waals surface area contributed by atoms with E-state index in [4.69, 9.17) is 0 Å². The molecule has 5 heteroatoms. The predicted molar refractivity (Wildman–Crippen MR) is 88.5 cm³/mol. The number of halogens is 1. The molecule has 3 rings (SSSR count). The molecule has 1 N–H and O–H groups in total. The third-order valence-electron chi connectivity index (χ3n) is 4.36. The first-order chi connectivity index (χ1) is 11.0. The highest BCUT2D eigenvalue weighted by atomic mass is 32.2. The second-order valence-electron chi connectivity index (χ2n) is 6.00. The highest BCUT2D eigenvalue weighted by Gasteiger charge is 2.38. The third-order valence-corrected chi connectivity index (χ3v) is 6.54. The molecule has 1 aliphatic rings. The largest absolute Gasteiger partial charge is 0.312 e. The zero-order valence-corrected chi connectivity index (χ0v) is 13.8. The molecular formula is C18H20FNO2S. The maximum atomic E-state index is 14.3. The lowest BCUT2D eigenvalue weighted by Crippen LogP contribution is -2.34. The lowest BCUT2D eigenvalue weighted by Gasteiger charge is -2.25. The molecule has 1 heterocycles. The topological polar surface area (TPSA) is 46.2 Å². The van der Waals surface area contributed by atoms with E-state index in [0.717, 1.165) is 24.9 Å². The van der Waals surface area contributed by atoms with Crippen molar-refractivity contribution >= 4 is 9.84 Å².